The molecule has 0 bridgehead atoms. The van der Waals surface area contributed by atoms with Crippen LogP contribution < -0.4 is 14.8 Å². The van der Waals surface area contributed by atoms with Crippen LogP contribution in [0, 0.1) is 0 Å². The highest BCUT2D eigenvalue weighted by Gasteiger charge is 2.36. The maximum absolute atomic E-state index is 13.6. The lowest BCUT2D eigenvalue weighted by Gasteiger charge is -2.18. The van der Waals surface area contributed by atoms with Crippen LogP contribution in [0.2, 0.25) is 0 Å². The van der Waals surface area contributed by atoms with E-state index in [1.807, 2.05) is 97.2 Å². The maximum atomic E-state index is 13.6. The minimum atomic E-state index is -0.335. The van der Waals surface area contributed by atoms with E-state index in [1.165, 1.54) is 16.3 Å². The maximum Gasteiger partial charge on any atom is 0.303 e. The van der Waals surface area contributed by atoms with Gasteiger partial charge in [0.1, 0.15) is 17.1 Å². The molecule has 0 spiro atoms. The fraction of sp³-hybridized carbons (Fsp3) is 0.111. The first-order valence-corrected chi connectivity index (χ1v) is 12.1. The first-order valence-electron chi connectivity index (χ1n) is 11.2. The van der Waals surface area contributed by atoms with Gasteiger partial charge < -0.3 is 4.74 Å². The molecule has 8 heteroatoms. The number of thiazole rings is 1. The van der Waals surface area contributed by atoms with Gasteiger partial charge in [-0.25, -0.2) is 4.98 Å². The standard InChI is InChI=1S/C27H23N5O2S/c1-3-34-23-17-11-10-16-22(23)31(2)29-25-24(20-14-8-5-9-15-20)30-32(26(25)33)27-28-21(18-35-27)19-12-6-4-7-13-19/h4-18H,3H2,1-2H3/b29-25+. The Labute approximate surface area is 207 Å². The van der Waals surface area contributed by atoms with Crippen LogP contribution >= 0.6 is 11.3 Å². The minimum Gasteiger partial charge on any atom is -0.492 e. The van der Waals surface area contributed by atoms with Crippen molar-refractivity contribution in [3.05, 3.63) is 95.9 Å². The van der Waals surface area contributed by atoms with Gasteiger partial charge in [0.25, 0.3) is 0 Å². The number of carbonyl (C=O) groups is 1. The molecule has 0 aliphatic carbocycles. The average Bonchev–Trinajstić information content (AvgIpc) is 3.51. The minimum absolute atomic E-state index is 0.237. The lowest BCUT2D eigenvalue weighted by molar-refractivity contribution is -0.112. The lowest BCUT2D eigenvalue weighted by atomic mass is 10.1. The summed E-state index contributed by atoms with van der Waals surface area (Å²) >= 11 is 1.37. The molecule has 1 aliphatic rings. The molecule has 5 rings (SSSR count). The van der Waals surface area contributed by atoms with Crippen LogP contribution in [0.5, 0.6) is 5.75 Å². The molecule has 0 fully saturated rings. The van der Waals surface area contributed by atoms with E-state index in [1.54, 1.807) is 12.1 Å². The van der Waals surface area contributed by atoms with Crippen LogP contribution in [0.1, 0.15) is 12.5 Å². The summed E-state index contributed by atoms with van der Waals surface area (Å²) in [5.74, 6) is 0.355. The van der Waals surface area contributed by atoms with Gasteiger partial charge in [0.15, 0.2) is 5.71 Å². The van der Waals surface area contributed by atoms with Crippen molar-refractivity contribution in [1.82, 2.24) is 4.98 Å². The zero-order valence-electron chi connectivity index (χ0n) is 19.3. The highest BCUT2D eigenvalue weighted by atomic mass is 32.1. The Hall–Kier alpha value is -4.30. The molecule has 0 radical (unpaired) electrons. The number of ether oxygens (including phenoxy) is 1. The van der Waals surface area contributed by atoms with Crippen LogP contribution in [-0.4, -0.2) is 36.0 Å². The number of para-hydroxylation sites is 2. The van der Waals surface area contributed by atoms with Gasteiger partial charge in [-0.2, -0.15) is 15.2 Å². The SMILES string of the molecule is CCOc1ccccc1N(C)/N=C1/C(=O)N(c2nc(-c3ccccc3)cs2)N=C1c1ccccc1. The van der Waals surface area contributed by atoms with E-state index in [9.17, 15) is 4.79 Å². The highest BCUT2D eigenvalue weighted by Crippen LogP contribution is 2.31. The van der Waals surface area contributed by atoms with Gasteiger partial charge in [-0.05, 0) is 19.1 Å². The normalized spacial score (nSPS) is 14.3. The van der Waals surface area contributed by atoms with Gasteiger partial charge >= 0.3 is 5.91 Å². The molecule has 3 aromatic carbocycles. The number of amides is 1. The Bertz CT molecular complexity index is 1400. The van der Waals surface area contributed by atoms with E-state index in [0.717, 1.165) is 22.5 Å². The number of carbonyl (C=O) groups excluding carboxylic acids is 1. The molecular formula is C27H23N5O2S. The summed E-state index contributed by atoms with van der Waals surface area (Å²) < 4.78 is 5.75. The van der Waals surface area contributed by atoms with E-state index in [4.69, 9.17) is 9.84 Å². The molecule has 4 aromatic rings. The molecule has 0 unspecified atom stereocenters. The third-order valence-corrected chi connectivity index (χ3v) is 6.19. The van der Waals surface area contributed by atoms with Crippen LogP contribution in [0.15, 0.2) is 101 Å². The monoisotopic (exact) mass is 481 g/mol. The number of aromatic nitrogens is 1. The summed E-state index contributed by atoms with van der Waals surface area (Å²) in [6, 6.07) is 27.0. The molecule has 1 amide bonds. The predicted molar refractivity (Wildman–Crippen MR) is 141 cm³/mol. The first-order chi connectivity index (χ1) is 17.2. The predicted octanol–water partition coefficient (Wildman–Crippen LogP) is 5.45. The lowest BCUT2D eigenvalue weighted by Crippen LogP contribution is -2.30. The first kappa shape index (κ1) is 22.5. The molecule has 7 nitrogen and oxygen atoms in total. The Morgan fingerprint density at radius 3 is 2.31 bits per heavy atom. The Kier molecular flexibility index (Phi) is 6.36. The summed E-state index contributed by atoms with van der Waals surface area (Å²) in [5, 5.41) is 14.8. The topological polar surface area (TPSA) is 70.4 Å². The molecular weight excluding hydrogens is 458 g/mol. The zero-order chi connectivity index (χ0) is 24.2. The number of benzene rings is 3. The molecule has 0 atom stereocenters. The third kappa shape index (κ3) is 4.56. The number of anilines is 2. The van der Waals surface area contributed by atoms with Crippen molar-refractivity contribution in [1.29, 1.82) is 0 Å². The van der Waals surface area contributed by atoms with Gasteiger partial charge in [-0.15, -0.1) is 11.3 Å². The quantitative estimate of drug-likeness (QED) is 0.329. The number of hydrazone groups is 2. The van der Waals surface area contributed by atoms with Crippen molar-refractivity contribution >= 4 is 39.5 Å². The Morgan fingerprint density at radius 1 is 0.943 bits per heavy atom. The molecule has 174 valence electrons. The van der Waals surface area contributed by atoms with Gasteiger partial charge in [-0.3, -0.25) is 9.80 Å². The number of hydrogen-bond acceptors (Lipinski definition) is 7. The largest absolute Gasteiger partial charge is 0.492 e. The van der Waals surface area contributed by atoms with Crippen molar-refractivity contribution in [3.8, 4) is 17.0 Å². The molecule has 1 aromatic heterocycles. The second-order valence-electron chi connectivity index (χ2n) is 7.69. The van der Waals surface area contributed by atoms with Crippen molar-refractivity contribution in [3.63, 3.8) is 0 Å². The summed E-state index contributed by atoms with van der Waals surface area (Å²) in [4.78, 5) is 18.3. The second kappa shape index (κ2) is 9.90. The summed E-state index contributed by atoms with van der Waals surface area (Å²) in [6.07, 6.45) is 0. The van der Waals surface area contributed by atoms with Crippen molar-refractivity contribution in [2.45, 2.75) is 6.92 Å². The molecule has 2 heterocycles. The summed E-state index contributed by atoms with van der Waals surface area (Å²) in [6.45, 7) is 2.46. The van der Waals surface area contributed by atoms with E-state index in [-0.39, 0.29) is 11.6 Å². The molecule has 0 N–H and O–H groups in total. The summed E-state index contributed by atoms with van der Waals surface area (Å²) in [5.41, 5.74) is 4.06. The molecule has 0 saturated carbocycles. The third-order valence-electron chi connectivity index (χ3n) is 5.37. The van der Waals surface area contributed by atoms with Gasteiger partial charge in [0.2, 0.25) is 5.13 Å². The van der Waals surface area contributed by atoms with Gasteiger partial charge in [-0.1, -0.05) is 72.8 Å². The van der Waals surface area contributed by atoms with Crippen LogP contribution in [0.3, 0.4) is 0 Å². The van der Waals surface area contributed by atoms with Gasteiger partial charge in [0.05, 0.1) is 12.3 Å². The summed E-state index contributed by atoms with van der Waals surface area (Å²) in [7, 11) is 1.79. The fourth-order valence-electron chi connectivity index (χ4n) is 3.71. The molecule has 35 heavy (non-hydrogen) atoms. The molecule has 0 saturated heterocycles. The van der Waals surface area contributed by atoms with Crippen LogP contribution in [0.25, 0.3) is 11.3 Å². The zero-order valence-corrected chi connectivity index (χ0v) is 20.1. The fourth-order valence-corrected chi connectivity index (χ4v) is 4.49. The number of nitrogens with zero attached hydrogens (tertiary/aromatic N) is 5. The Balaban J connectivity index is 1.54. The highest BCUT2D eigenvalue weighted by molar-refractivity contribution is 7.14. The van der Waals surface area contributed by atoms with Crippen LogP contribution in [0.4, 0.5) is 10.8 Å². The van der Waals surface area contributed by atoms with Gasteiger partial charge in [0, 0.05) is 23.6 Å². The van der Waals surface area contributed by atoms with Crippen molar-refractivity contribution < 1.29 is 9.53 Å². The van der Waals surface area contributed by atoms with E-state index >= 15 is 0 Å². The van der Waals surface area contributed by atoms with E-state index in [0.29, 0.717) is 23.2 Å². The van der Waals surface area contributed by atoms with E-state index < -0.39 is 0 Å². The number of rotatable bonds is 7. The van der Waals surface area contributed by atoms with Crippen molar-refractivity contribution in [2.24, 2.45) is 10.2 Å². The van der Waals surface area contributed by atoms with Crippen LogP contribution in [-0.2, 0) is 4.79 Å². The van der Waals surface area contributed by atoms with Crippen molar-refractivity contribution in [2.75, 3.05) is 23.7 Å². The van der Waals surface area contributed by atoms with E-state index in [2.05, 4.69) is 10.1 Å². The average molecular weight is 482 g/mol. The number of hydrogen-bond donors (Lipinski definition) is 0. The molecule has 1 aliphatic heterocycles. The Morgan fingerprint density at radius 2 is 1.60 bits per heavy atom. The smallest absolute Gasteiger partial charge is 0.303 e. The second-order valence-corrected chi connectivity index (χ2v) is 8.52.